The van der Waals surface area contributed by atoms with Crippen molar-refractivity contribution in [3.63, 3.8) is 0 Å². The lowest BCUT2D eigenvalue weighted by atomic mass is 10.1. The first-order valence-corrected chi connectivity index (χ1v) is 10.8. The van der Waals surface area contributed by atoms with E-state index in [9.17, 15) is 4.79 Å². The van der Waals surface area contributed by atoms with Crippen LogP contribution in [-0.4, -0.2) is 26.6 Å². The number of rotatable bonds is 5. The van der Waals surface area contributed by atoms with Gasteiger partial charge in [0.05, 0.1) is 34.3 Å². The fourth-order valence-corrected chi connectivity index (χ4v) is 5.15. The molecular formula is C21H16N4O2S2. The zero-order valence-electron chi connectivity index (χ0n) is 15.5. The van der Waals surface area contributed by atoms with E-state index >= 15 is 0 Å². The average Bonchev–Trinajstić information content (AvgIpc) is 3.36. The van der Waals surface area contributed by atoms with Gasteiger partial charge < -0.3 is 9.73 Å². The van der Waals surface area contributed by atoms with Crippen LogP contribution in [0.4, 0.5) is 0 Å². The molecule has 144 valence electrons. The SMILES string of the molecule is Cc1ccc2cc3c(nc2c1)sc1c(SCC(=O)NCc2ccco2)ncnc13. The molecule has 1 amide bonds. The minimum absolute atomic E-state index is 0.0707. The van der Waals surface area contributed by atoms with Gasteiger partial charge >= 0.3 is 0 Å². The Labute approximate surface area is 174 Å². The Kier molecular flexibility index (Phi) is 4.65. The predicted octanol–water partition coefficient (Wildman–Crippen LogP) is 4.70. The number of nitrogens with one attached hydrogen (secondary N) is 1. The van der Waals surface area contributed by atoms with Crippen molar-refractivity contribution in [2.45, 2.75) is 18.5 Å². The molecule has 0 radical (unpaired) electrons. The van der Waals surface area contributed by atoms with Crippen LogP contribution in [0, 0.1) is 6.92 Å². The van der Waals surface area contributed by atoms with Crippen molar-refractivity contribution < 1.29 is 9.21 Å². The van der Waals surface area contributed by atoms with Gasteiger partial charge in [-0.1, -0.05) is 23.9 Å². The minimum Gasteiger partial charge on any atom is -0.467 e. The molecule has 1 aromatic carbocycles. The highest BCUT2D eigenvalue weighted by Gasteiger charge is 2.15. The molecular weight excluding hydrogens is 404 g/mol. The second-order valence-electron chi connectivity index (χ2n) is 6.64. The number of nitrogens with zero attached hydrogens (tertiary/aromatic N) is 3. The quantitative estimate of drug-likeness (QED) is 0.328. The Hall–Kier alpha value is -2.97. The molecule has 0 fully saturated rings. The average molecular weight is 421 g/mol. The van der Waals surface area contributed by atoms with Crippen LogP contribution in [0.3, 0.4) is 0 Å². The van der Waals surface area contributed by atoms with Gasteiger partial charge in [-0.25, -0.2) is 15.0 Å². The first kappa shape index (κ1) is 18.1. The van der Waals surface area contributed by atoms with Crippen molar-refractivity contribution in [1.29, 1.82) is 0 Å². The van der Waals surface area contributed by atoms with Crippen LogP contribution in [0.1, 0.15) is 11.3 Å². The summed E-state index contributed by atoms with van der Waals surface area (Å²) in [5.41, 5.74) is 3.04. The number of thioether (sulfide) groups is 1. The van der Waals surface area contributed by atoms with E-state index in [0.29, 0.717) is 6.54 Å². The molecule has 5 aromatic rings. The van der Waals surface area contributed by atoms with Crippen LogP contribution in [0.25, 0.3) is 31.3 Å². The molecule has 8 heteroatoms. The van der Waals surface area contributed by atoms with Gasteiger partial charge in [0.25, 0.3) is 0 Å². The van der Waals surface area contributed by atoms with E-state index in [4.69, 9.17) is 9.40 Å². The summed E-state index contributed by atoms with van der Waals surface area (Å²) < 4.78 is 6.19. The molecule has 0 aliphatic carbocycles. The van der Waals surface area contributed by atoms with Crippen molar-refractivity contribution in [2.24, 2.45) is 0 Å². The summed E-state index contributed by atoms with van der Waals surface area (Å²) in [7, 11) is 0. The third kappa shape index (κ3) is 3.56. The number of carbonyl (C=O) groups is 1. The molecule has 0 atom stereocenters. The molecule has 0 unspecified atom stereocenters. The highest BCUT2D eigenvalue weighted by atomic mass is 32.2. The van der Waals surface area contributed by atoms with Crippen LogP contribution >= 0.6 is 23.1 Å². The number of hydrogen-bond donors (Lipinski definition) is 1. The van der Waals surface area contributed by atoms with Gasteiger partial charge in [-0.3, -0.25) is 4.79 Å². The number of thiophene rings is 1. The predicted molar refractivity (Wildman–Crippen MR) is 116 cm³/mol. The Morgan fingerprint density at radius 1 is 1.24 bits per heavy atom. The molecule has 0 saturated carbocycles. The highest BCUT2D eigenvalue weighted by molar-refractivity contribution is 8.00. The van der Waals surface area contributed by atoms with Crippen molar-refractivity contribution in [2.75, 3.05) is 5.75 Å². The Morgan fingerprint density at radius 3 is 3.03 bits per heavy atom. The Balaban J connectivity index is 1.42. The summed E-state index contributed by atoms with van der Waals surface area (Å²) in [6, 6.07) is 12.0. The maximum Gasteiger partial charge on any atom is 0.230 e. The third-order valence-electron chi connectivity index (χ3n) is 4.54. The lowest BCUT2D eigenvalue weighted by Gasteiger charge is -2.03. The van der Waals surface area contributed by atoms with E-state index < -0.39 is 0 Å². The molecule has 0 bridgehead atoms. The molecule has 0 aliphatic heterocycles. The largest absolute Gasteiger partial charge is 0.467 e. The fourth-order valence-electron chi connectivity index (χ4n) is 3.13. The standard InChI is InChI=1S/C21H16N4O2S2/c1-12-4-5-13-8-15-18-19(29-20(15)25-16(13)7-12)21(24-11-23-18)28-10-17(26)22-9-14-3-2-6-27-14/h2-8,11H,9-10H2,1H3,(H,22,26). The van der Waals surface area contributed by atoms with Crippen LogP contribution in [0.15, 0.2) is 58.4 Å². The van der Waals surface area contributed by atoms with Gasteiger partial charge in [0, 0.05) is 10.8 Å². The number of pyridine rings is 1. The molecule has 5 rings (SSSR count). The van der Waals surface area contributed by atoms with Gasteiger partial charge in [-0.05, 0) is 36.8 Å². The molecule has 0 saturated heterocycles. The molecule has 0 spiro atoms. The van der Waals surface area contributed by atoms with Crippen molar-refractivity contribution in [3.8, 4) is 0 Å². The molecule has 0 aliphatic rings. The van der Waals surface area contributed by atoms with E-state index in [1.807, 2.05) is 6.07 Å². The normalized spacial score (nSPS) is 11.5. The first-order valence-electron chi connectivity index (χ1n) is 9.04. The zero-order valence-corrected chi connectivity index (χ0v) is 17.1. The third-order valence-corrected chi connectivity index (χ3v) is 6.76. The molecule has 4 aromatic heterocycles. The van der Waals surface area contributed by atoms with Gasteiger partial charge in [-0.15, -0.1) is 11.3 Å². The summed E-state index contributed by atoms with van der Waals surface area (Å²) >= 11 is 2.97. The first-order chi connectivity index (χ1) is 14.2. The van der Waals surface area contributed by atoms with Crippen molar-refractivity contribution >= 4 is 60.3 Å². The number of fused-ring (bicyclic) bond motifs is 4. The fraction of sp³-hybridized carbons (Fsp3) is 0.143. The zero-order chi connectivity index (χ0) is 19.8. The van der Waals surface area contributed by atoms with Gasteiger partial charge in [0.15, 0.2) is 0 Å². The molecule has 6 nitrogen and oxygen atoms in total. The van der Waals surface area contributed by atoms with Gasteiger partial charge in [-0.2, -0.15) is 0 Å². The number of aryl methyl sites for hydroxylation is 1. The Morgan fingerprint density at radius 2 is 2.17 bits per heavy atom. The maximum atomic E-state index is 12.2. The van der Waals surface area contributed by atoms with Crippen LogP contribution in [0.5, 0.6) is 0 Å². The van der Waals surface area contributed by atoms with Crippen molar-refractivity contribution in [1.82, 2.24) is 20.3 Å². The van der Waals surface area contributed by atoms with Gasteiger partial charge in [0.2, 0.25) is 5.91 Å². The maximum absolute atomic E-state index is 12.2. The summed E-state index contributed by atoms with van der Waals surface area (Å²) in [5.74, 6) is 0.930. The molecule has 29 heavy (non-hydrogen) atoms. The Bertz CT molecular complexity index is 1350. The summed E-state index contributed by atoms with van der Waals surface area (Å²) in [6.45, 7) is 2.44. The summed E-state index contributed by atoms with van der Waals surface area (Å²) in [5, 5.41) is 5.76. The minimum atomic E-state index is -0.0707. The van der Waals surface area contributed by atoms with E-state index in [-0.39, 0.29) is 11.7 Å². The number of hydrogen-bond acceptors (Lipinski definition) is 7. The monoisotopic (exact) mass is 420 g/mol. The van der Waals surface area contributed by atoms with Crippen LogP contribution < -0.4 is 5.32 Å². The topological polar surface area (TPSA) is 80.9 Å². The highest BCUT2D eigenvalue weighted by Crippen LogP contribution is 2.37. The van der Waals surface area contributed by atoms with E-state index in [2.05, 4.69) is 46.5 Å². The number of furan rings is 1. The number of aromatic nitrogens is 3. The van der Waals surface area contributed by atoms with Gasteiger partial charge in [0.1, 0.15) is 21.9 Å². The number of amides is 1. The lowest BCUT2D eigenvalue weighted by molar-refractivity contribution is -0.118. The van der Waals surface area contributed by atoms with E-state index in [0.717, 1.165) is 42.1 Å². The molecule has 4 heterocycles. The van der Waals surface area contributed by atoms with Crippen molar-refractivity contribution in [3.05, 3.63) is 60.3 Å². The summed E-state index contributed by atoms with van der Waals surface area (Å²) in [6.07, 6.45) is 3.14. The second-order valence-corrected chi connectivity index (χ2v) is 8.60. The number of carbonyl (C=O) groups excluding carboxylic acids is 1. The van der Waals surface area contributed by atoms with E-state index in [1.165, 1.54) is 17.3 Å². The number of benzene rings is 1. The second kappa shape index (κ2) is 7.46. The van der Waals surface area contributed by atoms with Crippen LogP contribution in [0.2, 0.25) is 0 Å². The molecule has 1 N–H and O–H groups in total. The van der Waals surface area contributed by atoms with E-state index in [1.54, 1.807) is 30.0 Å². The smallest absolute Gasteiger partial charge is 0.230 e. The summed E-state index contributed by atoms with van der Waals surface area (Å²) in [4.78, 5) is 26.8. The lowest BCUT2D eigenvalue weighted by Crippen LogP contribution is -2.24. The van der Waals surface area contributed by atoms with Crippen LogP contribution in [-0.2, 0) is 11.3 Å².